The fourth-order valence-corrected chi connectivity index (χ4v) is 5.17. The normalized spacial score (nSPS) is 34.7. The first-order chi connectivity index (χ1) is 11.5. The number of urea groups is 1. The molecule has 1 aliphatic carbocycles. The summed E-state index contributed by atoms with van der Waals surface area (Å²) in [6, 6.07) is 0.0727. The van der Waals surface area contributed by atoms with Gasteiger partial charge in [0, 0.05) is 31.2 Å². The predicted octanol–water partition coefficient (Wildman–Crippen LogP) is 1.69. The summed E-state index contributed by atoms with van der Waals surface area (Å²) in [7, 11) is 0. The molecule has 0 aromatic heterocycles. The average Bonchev–Trinajstić information content (AvgIpc) is 3.07. The molecule has 0 bridgehead atoms. The van der Waals surface area contributed by atoms with Gasteiger partial charge in [0.15, 0.2) is 0 Å². The molecular weight excluding hydrogens is 306 g/mol. The Morgan fingerprint density at radius 2 is 1.83 bits per heavy atom. The average molecular weight is 335 g/mol. The Bertz CT molecular complexity index is 530. The van der Waals surface area contributed by atoms with E-state index in [0.717, 1.165) is 39.1 Å². The number of amides is 3. The zero-order valence-electron chi connectivity index (χ0n) is 14.9. The second-order valence-corrected chi connectivity index (χ2v) is 8.39. The number of carbonyl (C=O) groups is 2. The van der Waals surface area contributed by atoms with Crippen molar-refractivity contribution >= 4 is 11.9 Å². The Hall–Kier alpha value is -1.14. The lowest BCUT2D eigenvalue weighted by Gasteiger charge is -2.42. The highest BCUT2D eigenvalue weighted by atomic mass is 16.5. The van der Waals surface area contributed by atoms with Gasteiger partial charge in [0.25, 0.3) is 5.91 Å². The fraction of sp³-hybridized carbons (Fsp3) is 0.889. The summed E-state index contributed by atoms with van der Waals surface area (Å²) in [6.07, 6.45) is 5.56. The fourth-order valence-electron chi connectivity index (χ4n) is 5.17. The molecule has 6 nitrogen and oxygen atoms in total. The number of hydrogen-bond acceptors (Lipinski definition) is 4. The molecule has 1 saturated carbocycles. The maximum Gasteiger partial charge on any atom is 0.327 e. The monoisotopic (exact) mass is 335 g/mol. The molecular formula is C18H29N3O3. The Morgan fingerprint density at radius 3 is 2.58 bits per heavy atom. The van der Waals surface area contributed by atoms with E-state index in [4.69, 9.17) is 4.74 Å². The predicted molar refractivity (Wildman–Crippen MR) is 89.6 cm³/mol. The number of fused-ring (bicyclic) bond motifs is 3. The largest absolute Gasteiger partial charge is 0.379 e. The summed E-state index contributed by atoms with van der Waals surface area (Å²) in [6.45, 7) is 7.92. The lowest BCUT2D eigenvalue weighted by atomic mass is 9.84. The van der Waals surface area contributed by atoms with Crippen LogP contribution >= 0.6 is 0 Å². The third-order valence-electron chi connectivity index (χ3n) is 6.50. The van der Waals surface area contributed by atoms with Crippen LogP contribution in [0.25, 0.3) is 0 Å². The van der Waals surface area contributed by atoms with E-state index in [1.54, 1.807) is 0 Å². The first-order valence-electron chi connectivity index (χ1n) is 9.45. The second-order valence-electron chi connectivity index (χ2n) is 8.39. The zero-order valence-corrected chi connectivity index (χ0v) is 14.9. The lowest BCUT2D eigenvalue weighted by Crippen LogP contribution is -2.56. The molecule has 0 spiro atoms. The van der Waals surface area contributed by atoms with E-state index >= 15 is 0 Å². The molecule has 24 heavy (non-hydrogen) atoms. The van der Waals surface area contributed by atoms with Crippen LogP contribution in [-0.4, -0.2) is 77.1 Å². The van der Waals surface area contributed by atoms with Crippen molar-refractivity contribution in [1.82, 2.24) is 14.7 Å². The van der Waals surface area contributed by atoms with E-state index in [1.165, 1.54) is 24.2 Å². The quantitative estimate of drug-likeness (QED) is 0.737. The van der Waals surface area contributed by atoms with Crippen LogP contribution in [0.4, 0.5) is 4.79 Å². The topological polar surface area (TPSA) is 53.1 Å². The van der Waals surface area contributed by atoms with Crippen LogP contribution < -0.4 is 0 Å². The molecule has 3 atom stereocenters. The van der Waals surface area contributed by atoms with Crippen LogP contribution in [0.3, 0.4) is 0 Å². The lowest BCUT2D eigenvalue weighted by molar-refractivity contribution is -0.129. The number of ether oxygens (including phenoxy) is 1. The molecule has 4 aliphatic rings. The van der Waals surface area contributed by atoms with Gasteiger partial charge in [0.1, 0.15) is 6.04 Å². The van der Waals surface area contributed by atoms with Crippen LogP contribution in [0.5, 0.6) is 0 Å². The third-order valence-corrected chi connectivity index (χ3v) is 6.50. The van der Waals surface area contributed by atoms with Crippen molar-refractivity contribution in [2.75, 3.05) is 32.8 Å². The van der Waals surface area contributed by atoms with E-state index in [1.807, 2.05) is 4.90 Å². The molecule has 0 radical (unpaired) electrons. The summed E-state index contributed by atoms with van der Waals surface area (Å²) in [4.78, 5) is 31.7. The van der Waals surface area contributed by atoms with E-state index in [9.17, 15) is 9.59 Å². The molecule has 3 amide bonds. The maximum absolute atomic E-state index is 13.0. The Labute approximate surface area is 144 Å². The Morgan fingerprint density at radius 1 is 1.12 bits per heavy atom. The molecule has 0 aromatic carbocycles. The van der Waals surface area contributed by atoms with Gasteiger partial charge < -0.3 is 9.64 Å². The van der Waals surface area contributed by atoms with Crippen molar-refractivity contribution in [2.45, 2.75) is 63.6 Å². The molecule has 3 heterocycles. The van der Waals surface area contributed by atoms with Crippen molar-refractivity contribution in [3.63, 3.8) is 0 Å². The van der Waals surface area contributed by atoms with Crippen LogP contribution in [0, 0.1) is 5.92 Å². The number of carbonyl (C=O) groups excluding carboxylic acids is 2. The van der Waals surface area contributed by atoms with Crippen molar-refractivity contribution in [3.8, 4) is 0 Å². The summed E-state index contributed by atoms with van der Waals surface area (Å²) in [5, 5.41) is 0. The molecule has 4 rings (SSSR count). The summed E-state index contributed by atoms with van der Waals surface area (Å²) < 4.78 is 5.43. The summed E-state index contributed by atoms with van der Waals surface area (Å²) >= 11 is 0. The number of rotatable bonds is 3. The van der Waals surface area contributed by atoms with Gasteiger partial charge >= 0.3 is 6.03 Å². The van der Waals surface area contributed by atoms with E-state index in [-0.39, 0.29) is 23.5 Å². The maximum atomic E-state index is 13.0. The SMILES string of the molecule is CC(C)(CN1C(=O)[C@@H]2C[C@H]3CCCC[C@@H]3N2C1=O)N1CCOCC1. The number of morpholine rings is 1. The van der Waals surface area contributed by atoms with Gasteiger partial charge in [-0.25, -0.2) is 4.79 Å². The number of nitrogens with zero attached hydrogens (tertiary/aromatic N) is 3. The highest BCUT2D eigenvalue weighted by molar-refractivity contribution is 6.05. The van der Waals surface area contributed by atoms with Crippen molar-refractivity contribution < 1.29 is 14.3 Å². The first-order valence-corrected chi connectivity index (χ1v) is 9.45. The van der Waals surface area contributed by atoms with Crippen LogP contribution in [0.2, 0.25) is 0 Å². The Kier molecular flexibility index (Phi) is 4.07. The van der Waals surface area contributed by atoms with Gasteiger partial charge in [-0.3, -0.25) is 14.6 Å². The zero-order chi connectivity index (χ0) is 16.9. The highest BCUT2D eigenvalue weighted by Gasteiger charge is 2.56. The molecule has 6 heteroatoms. The standard InChI is InChI=1S/C18H29N3O3/c1-18(2,19-7-9-24-10-8-19)12-20-16(22)15-11-13-5-3-4-6-14(13)21(15)17(20)23/h13-15H,3-12H2,1-2H3/t13-,14+,15+/m1/s1. The van der Waals surface area contributed by atoms with E-state index in [0.29, 0.717) is 18.5 Å². The minimum Gasteiger partial charge on any atom is -0.379 e. The van der Waals surface area contributed by atoms with E-state index < -0.39 is 0 Å². The van der Waals surface area contributed by atoms with E-state index in [2.05, 4.69) is 18.7 Å². The number of imide groups is 1. The van der Waals surface area contributed by atoms with Gasteiger partial charge in [-0.05, 0) is 39.0 Å². The third kappa shape index (κ3) is 2.54. The van der Waals surface area contributed by atoms with Gasteiger partial charge in [-0.15, -0.1) is 0 Å². The molecule has 0 N–H and O–H groups in total. The summed E-state index contributed by atoms with van der Waals surface area (Å²) in [5.74, 6) is 0.585. The van der Waals surface area contributed by atoms with Gasteiger partial charge in [-0.1, -0.05) is 12.8 Å². The minimum atomic E-state index is -0.208. The molecule has 0 aromatic rings. The molecule has 134 valence electrons. The second kappa shape index (κ2) is 5.99. The van der Waals surface area contributed by atoms with Gasteiger partial charge in [0.2, 0.25) is 0 Å². The highest BCUT2D eigenvalue weighted by Crippen LogP contribution is 2.43. The molecule has 4 fully saturated rings. The number of hydrogen-bond donors (Lipinski definition) is 0. The smallest absolute Gasteiger partial charge is 0.327 e. The minimum absolute atomic E-state index is 0.0377. The van der Waals surface area contributed by atoms with Crippen molar-refractivity contribution in [2.24, 2.45) is 5.92 Å². The van der Waals surface area contributed by atoms with Crippen LogP contribution in [-0.2, 0) is 9.53 Å². The summed E-state index contributed by atoms with van der Waals surface area (Å²) in [5.41, 5.74) is -0.208. The van der Waals surface area contributed by atoms with Crippen molar-refractivity contribution in [1.29, 1.82) is 0 Å². The van der Waals surface area contributed by atoms with Crippen LogP contribution in [0.1, 0.15) is 46.0 Å². The van der Waals surface area contributed by atoms with Crippen molar-refractivity contribution in [3.05, 3.63) is 0 Å². The van der Waals surface area contributed by atoms with Crippen LogP contribution in [0.15, 0.2) is 0 Å². The molecule has 3 saturated heterocycles. The Balaban J connectivity index is 1.49. The molecule has 3 aliphatic heterocycles. The first kappa shape index (κ1) is 16.3. The molecule has 0 unspecified atom stereocenters. The van der Waals surface area contributed by atoms with Gasteiger partial charge in [-0.2, -0.15) is 0 Å². The van der Waals surface area contributed by atoms with Gasteiger partial charge in [0.05, 0.1) is 13.2 Å².